The van der Waals surface area contributed by atoms with Gasteiger partial charge in [-0.15, -0.1) is 0 Å². The summed E-state index contributed by atoms with van der Waals surface area (Å²) in [7, 11) is 0. The van der Waals surface area contributed by atoms with Crippen molar-refractivity contribution in [1.82, 2.24) is 0 Å². The quantitative estimate of drug-likeness (QED) is 0.572. The number of nitrogens with two attached hydrogens (primary N) is 1. The molecule has 0 aromatic heterocycles. The molecule has 2 nitrogen and oxygen atoms in total. The molecule has 0 aromatic carbocycles. The third-order valence-electron chi connectivity index (χ3n) is 3.14. The molecule has 2 unspecified atom stereocenters. The van der Waals surface area contributed by atoms with Gasteiger partial charge in [0, 0.05) is 12.0 Å². The van der Waals surface area contributed by atoms with Crippen LogP contribution in [-0.2, 0) is 0 Å². The minimum absolute atomic E-state index is 0.0347. The van der Waals surface area contributed by atoms with Gasteiger partial charge in [0.05, 0.1) is 5.60 Å². The van der Waals surface area contributed by atoms with Crippen molar-refractivity contribution < 1.29 is 5.11 Å². The third kappa shape index (κ3) is 0.956. The number of hydrogen-bond donors (Lipinski definition) is 2. The lowest BCUT2D eigenvalue weighted by atomic mass is 9.77. The Kier molecular flexibility index (Phi) is 1.77. The van der Waals surface area contributed by atoms with Gasteiger partial charge in [-0.05, 0) is 26.2 Å². The zero-order chi connectivity index (χ0) is 7.83. The van der Waals surface area contributed by atoms with Gasteiger partial charge in [0.25, 0.3) is 0 Å². The molecule has 1 aliphatic carbocycles. The molecule has 1 rings (SSSR count). The molecular formula is C8H17NO. The zero-order valence-corrected chi connectivity index (χ0v) is 6.85. The van der Waals surface area contributed by atoms with Crippen molar-refractivity contribution in [2.75, 3.05) is 6.54 Å². The Morgan fingerprint density at radius 1 is 1.40 bits per heavy atom. The number of hydrogen-bond acceptors (Lipinski definition) is 2. The molecule has 0 spiro atoms. The van der Waals surface area contributed by atoms with E-state index in [0.29, 0.717) is 6.54 Å². The van der Waals surface area contributed by atoms with Crippen LogP contribution in [-0.4, -0.2) is 17.3 Å². The molecule has 0 heterocycles. The van der Waals surface area contributed by atoms with Gasteiger partial charge in [-0.1, -0.05) is 6.92 Å². The molecule has 1 aliphatic rings. The first-order valence-corrected chi connectivity index (χ1v) is 3.94. The lowest BCUT2D eigenvalue weighted by Gasteiger charge is -2.35. The standard InChI is InChI=1S/C8H17NO/c1-7(6-9)4-3-5-8(7,2)10/h10H,3-6,9H2,1-2H3. The molecule has 1 fully saturated rings. The highest BCUT2D eigenvalue weighted by Gasteiger charge is 2.45. The second kappa shape index (κ2) is 2.21. The molecule has 0 amide bonds. The Morgan fingerprint density at radius 3 is 2.20 bits per heavy atom. The van der Waals surface area contributed by atoms with Crippen LogP contribution in [0.1, 0.15) is 33.1 Å². The molecule has 1 saturated carbocycles. The summed E-state index contributed by atoms with van der Waals surface area (Å²) in [5.41, 5.74) is 5.02. The summed E-state index contributed by atoms with van der Waals surface area (Å²) in [6, 6.07) is 0. The highest BCUT2D eigenvalue weighted by Crippen LogP contribution is 2.44. The Labute approximate surface area is 62.4 Å². The van der Waals surface area contributed by atoms with E-state index in [1.165, 1.54) is 0 Å². The summed E-state index contributed by atoms with van der Waals surface area (Å²) < 4.78 is 0. The van der Waals surface area contributed by atoms with E-state index in [2.05, 4.69) is 6.92 Å². The van der Waals surface area contributed by atoms with Gasteiger partial charge in [0.2, 0.25) is 0 Å². The van der Waals surface area contributed by atoms with Crippen LogP contribution >= 0.6 is 0 Å². The molecule has 0 radical (unpaired) electrons. The topological polar surface area (TPSA) is 46.2 Å². The lowest BCUT2D eigenvalue weighted by molar-refractivity contribution is -0.0303. The van der Waals surface area contributed by atoms with Gasteiger partial charge in [-0.2, -0.15) is 0 Å². The maximum atomic E-state index is 9.83. The first-order chi connectivity index (χ1) is 4.52. The van der Waals surface area contributed by atoms with Crippen LogP contribution in [0, 0.1) is 5.41 Å². The Bertz CT molecular complexity index is 133. The van der Waals surface area contributed by atoms with E-state index < -0.39 is 5.60 Å². The monoisotopic (exact) mass is 143 g/mol. The smallest absolute Gasteiger partial charge is 0.0685 e. The van der Waals surface area contributed by atoms with Crippen LogP contribution in [0.2, 0.25) is 0 Å². The van der Waals surface area contributed by atoms with Crippen LogP contribution in [0.25, 0.3) is 0 Å². The summed E-state index contributed by atoms with van der Waals surface area (Å²) in [5.74, 6) is 0. The summed E-state index contributed by atoms with van der Waals surface area (Å²) >= 11 is 0. The minimum atomic E-state index is -0.526. The van der Waals surface area contributed by atoms with Gasteiger partial charge in [0.1, 0.15) is 0 Å². The fraction of sp³-hybridized carbons (Fsp3) is 1.00. The predicted octanol–water partition coefficient (Wildman–Crippen LogP) is 0.886. The molecule has 0 bridgehead atoms. The fourth-order valence-corrected chi connectivity index (χ4v) is 1.72. The molecule has 60 valence electrons. The summed E-state index contributed by atoms with van der Waals surface area (Å²) in [5, 5.41) is 9.83. The summed E-state index contributed by atoms with van der Waals surface area (Å²) in [6.07, 6.45) is 3.08. The molecular weight excluding hydrogens is 126 g/mol. The Balaban J connectivity index is 2.76. The van der Waals surface area contributed by atoms with Crippen molar-refractivity contribution in [3.63, 3.8) is 0 Å². The van der Waals surface area contributed by atoms with Crippen molar-refractivity contribution in [2.45, 2.75) is 38.7 Å². The molecule has 0 aliphatic heterocycles. The summed E-state index contributed by atoms with van der Waals surface area (Å²) in [4.78, 5) is 0. The Hall–Kier alpha value is -0.0800. The zero-order valence-electron chi connectivity index (χ0n) is 6.85. The average Bonchev–Trinajstić information content (AvgIpc) is 2.10. The molecule has 3 N–H and O–H groups in total. The maximum Gasteiger partial charge on any atom is 0.0685 e. The van der Waals surface area contributed by atoms with Crippen LogP contribution < -0.4 is 5.73 Å². The molecule has 2 heteroatoms. The lowest BCUT2D eigenvalue weighted by Crippen LogP contribution is -2.44. The minimum Gasteiger partial charge on any atom is -0.390 e. The Morgan fingerprint density at radius 2 is 2.00 bits per heavy atom. The van der Waals surface area contributed by atoms with Crippen molar-refractivity contribution in [3.05, 3.63) is 0 Å². The van der Waals surface area contributed by atoms with Crippen molar-refractivity contribution in [2.24, 2.45) is 11.1 Å². The van der Waals surface area contributed by atoms with Gasteiger partial charge in [0.15, 0.2) is 0 Å². The van der Waals surface area contributed by atoms with Gasteiger partial charge in [-0.3, -0.25) is 0 Å². The van der Waals surface area contributed by atoms with Gasteiger partial charge < -0.3 is 10.8 Å². The maximum absolute atomic E-state index is 9.83. The van der Waals surface area contributed by atoms with E-state index in [0.717, 1.165) is 19.3 Å². The third-order valence-corrected chi connectivity index (χ3v) is 3.14. The molecule has 2 atom stereocenters. The van der Waals surface area contributed by atoms with Gasteiger partial charge in [-0.25, -0.2) is 0 Å². The van der Waals surface area contributed by atoms with E-state index in [1.54, 1.807) is 0 Å². The number of rotatable bonds is 1. The predicted molar refractivity (Wildman–Crippen MR) is 41.6 cm³/mol. The number of aliphatic hydroxyl groups is 1. The highest BCUT2D eigenvalue weighted by molar-refractivity contribution is 4.98. The van der Waals surface area contributed by atoms with Gasteiger partial charge >= 0.3 is 0 Å². The second-order valence-electron chi connectivity index (χ2n) is 3.89. The van der Waals surface area contributed by atoms with Crippen LogP contribution in [0.15, 0.2) is 0 Å². The fourth-order valence-electron chi connectivity index (χ4n) is 1.72. The summed E-state index contributed by atoms with van der Waals surface area (Å²) in [6.45, 7) is 4.56. The molecule has 0 saturated heterocycles. The second-order valence-corrected chi connectivity index (χ2v) is 3.89. The van der Waals surface area contributed by atoms with E-state index in [-0.39, 0.29) is 5.41 Å². The van der Waals surface area contributed by atoms with E-state index in [1.807, 2.05) is 6.92 Å². The van der Waals surface area contributed by atoms with Crippen molar-refractivity contribution >= 4 is 0 Å². The molecule has 10 heavy (non-hydrogen) atoms. The first-order valence-electron chi connectivity index (χ1n) is 3.94. The van der Waals surface area contributed by atoms with Crippen LogP contribution in [0.3, 0.4) is 0 Å². The highest BCUT2D eigenvalue weighted by atomic mass is 16.3. The first kappa shape index (κ1) is 8.02. The van der Waals surface area contributed by atoms with Crippen molar-refractivity contribution in [1.29, 1.82) is 0 Å². The van der Waals surface area contributed by atoms with E-state index in [4.69, 9.17) is 5.73 Å². The van der Waals surface area contributed by atoms with E-state index >= 15 is 0 Å². The van der Waals surface area contributed by atoms with Crippen molar-refractivity contribution in [3.8, 4) is 0 Å². The average molecular weight is 143 g/mol. The van der Waals surface area contributed by atoms with Crippen LogP contribution in [0.4, 0.5) is 0 Å². The molecule has 0 aromatic rings. The normalized spacial score (nSPS) is 48.0. The van der Waals surface area contributed by atoms with Crippen LogP contribution in [0.5, 0.6) is 0 Å². The van der Waals surface area contributed by atoms with E-state index in [9.17, 15) is 5.11 Å². The largest absolute Gasteiger partial charge is 0.390 e. The SMILES string of the molecule is CC1(O)CCCC1(C)CN.